The molecule has 0 aliphatic rings. The van der Waals surface area contributed by atoms with Crippen LogP contribution >= 0.6 is 0 Å². The predicted octanol–water partition coefficient (Wildman–Crippen LogP) is 1.96. The maximum Gasteiger partial charge on any atom is 0.133 e. The van der Waals surface area contributed by atoms with Crippen LogP contribution < -0.4 is 10.1 Å². The Balaban J connectivity index is 1.63. The van der Waals surface area contributed by atoms with Crippen LogP contribution in [0.5, 0.6) is 11.5 Å². The molecule has 4 heteroatoms. The van der Waals surface area contributed by atoms with Gasteiger partial charge in [-0.25, -0.2) is 0 Å². The second-order valence-corrected chi connectivity index (χ2v) is 3.85. The number of rotatable bonds is 6. The van der Waals surface area contributed by atoms with E-state index in [0.29, 0.717) is 13.2 Å². The van der Waals surface area contributed by atoms with Gasteiger partial charge in [0.15, 0.2) is 0 Å². The molecule has 0 spiro atoms. The van der Waals surface area contributed by atoms with Crippen molar-refractivity contribution in [2.45, 2.75) is 6.54 Å². The number of nitrogens with one attached hydrogen (secondary N) is 1. The van der Waals surface area contributed by atoms with Crippen LogP contribution in [-0.2, 0) is 6.54 Å². The highest BCUT2D eigenvalue weighted by Gasteiger charge is 1.95. The molecule has 2 aromatic rings. The number of ether oxygens (including phenoxy) is 1. The quantitative estimate of drug-likeness (QED) is 0.763. The molecule has 2 N–H and O–H groups in total. The highest BCUT2D eigenvalue weighted by atomic mass is 16.5. The minimum atomic E-state index is 0.186. The van der Waals surface area contributed by atoms with E-state index < -0.39 is 0 Å². The van der Waals surface area contributed by atoms with Crippen molar-refractivity contribution in [2.75, 3.05) is 13.2 Å². The van der Waals surface area contributed by atoms with Gasteiger partial charge < -0.3 is 15.2 Å². The number of hydrogen-bond donors (Lipinski definition) is 2. The fourth-order valence-electron chi connectivity index (χ4n) is 1.50. The molecule has 1 aromatic carbocycles. The van der Waals surface area contributed by atoms with Gasteiger partial charge in [-0.05, 0) is 24.3 Å². The van der Waals surface area contributed by atoms with E-state index >= 15 is 0 Å². The van der Waals surface area contributed by atoms with Crippen LogP contribution in [0.3, 0.4) is 0 Å². The molecule has 1 heterocycles. The van der Waals surface area contributed by atoms with Crippen LogP contribution in [0.4, 0.5) is 0 Å². The summed E-state index contributed by atoms with van der Waals surface area (Å²) in [7, 11) is 0. The Morgan fingerprint density at radius 2 is 1.94 bits per heavy atom. The molecule has 0 aliphatic carbocycles. The third kappa shape index (κ3) is 4.07. The maximum absolute atomic E-state index is 9.09. The van der Waals surface area contributed by atoms with Gasteiger partial charge in [-0.15, -0.1) is 0 Å². The third-order valence-corrected chi connectivity index (χ3v) is 2.41. The molecule has 0 radical (unpaired) electrons. The molecule has 0 amide bonds. The normalized spacial score (nSPS) is 10.2. The first-order valence-electron chi connectivity index (χ1n) is 5.87. The Kier molecular flexibility index (Phi) is 4.55. The molecular weight excluding hydrogens is 228 g/mol. The lowest BCUT2D eigenvalue weighted by Crippen LogP contribution is -2.21. The van der Waals surface area contributed by atoms with Gasteiger partial charge in [0.1, 0.15) is 18.1 Å². The fourth-order valence-corrected chi connectivity index (χ4v) is 1.50. The number of hydrogen-bond acceptors (Lipinski definition) is 4. The van der Waals surface area contributed by atoms with Crippen molar-refractivity contribution in [1.29, 1.82) is 0 Å². The first-order valence-corrected chi connectivity index (χ1v) is 5.87. The number of aromatic hydroxyl groups is 1. The van der Waals surface area contributed by atoms with Crippen LogP contribution in [0.25, 0.3) is 0 Å². The molecule has 0 aliphatic heterocycles. The van der Waals surface area contributed by atoms with Crippen molar-refractivity contribution in [3.8, 4) is 11.5 Å². The first-order chi connectivity index (χ1) is 8.84. The lowest BCUT2D eigenvalue weighted by molar-refractivity contribution is 0.313. The lowest BCUT2D eigenvalue weighted by Gasteiger charge is -2.07. The number of aromatic nitrogens is 1. The molecule has 0 bridgehead atoms. The Morgan fingerprint density at radius 3 is 2.67 bits per heavy atom. The largest absolute Gasteiger partial charge is 0.506 e. The van der Waals surface area contributed by atoms with Crippen molar-refractivity contribution in [3.05, 3.63) is 54.4 Å². The van der Waals surface area contributed by atoms with Crippen LogP contribution in [0.1, 0.15) is 5.69 Å². The maximum atomic E-state index is 9.09. The summed E-state index contributed by atoms with van der Waals surface area (Å²) in [4.78, 5) is 4.08. The molecule has 2 rings (SSSR count). The van der Waals surface area contributed by atoms with E-state index in [1.54, 1.807) is 12.1 Å². The predicted molar refractivity (Wildman–Crippen MR) is 69.5 cm³/mol. The molecule has 0 unspecified atom stereocenters. The van der Waals surface area contributed by atoms with Gasteiger partial charge in [-0.3, -0.25) is 4.98 Å². The number of para-hydroxylation sites is 1. The Hall–Kier alpha value is -2.07. The summed E-state index contributed by atoms with van der Waals surface area (Å²) < 4.78 is 5.54. The van der Waals surface area contributed by atoms with Crippen LogP contribution in [0.2, 0.25) is 0 Å². The van der Waals surface area contributed by atoms with Crippen molar-refractivity contribution < 1.29 is 9.84 Å². The zero-order valence-corrected chi connectivity index (χ0v) is 10.0. The third-order valence-electron chi connectivity index (χ3n) is 2.41. The second kappa shape index (κ2) is 6.61. The summed E-state index contributed by atoms with van der Waals surface area (Å²) in [6.45, 7) is 2.03. The van der Waals surface area contributed by atoms with E-state index in [-0.39, 0.29) is 5.75 Å². The van der Waals surface area contributed by atoms with Gasteiger partial charge in [0.05, 0.1) is 11.9 Å². The van der Waals surface area contributed by atoms with Crippen molar-refractivity contribution >= 4 is 0 Å². The highest BCUT2D eigenvalue weighted by molar-refractivity contribution is 5.21. The minimum Gasteiger partial charge on any atom is -0.506 e. The molecule has 0 atom stereocenters. The molecule has 94 valence electrons. The van der Waals surface area contributed by atoms with Crippen LogP contribution in [-0.4, -0.2) is 23.2 Å². The topological polar surface area (TPSA) is 54.4 Å². The average molecular weight is 244 g/mol. The van der Waals surface area contributed by atoms with Crippen molar-refractivity contribution in [1.82, 2.24) is 10.3 Å². The van der Waals surface area contributed by atoms with E-state index in [1.807, 2.05) is 30.3 Å². The van der Waals surface area contributed by atoms with Gasteiger partial charge >= 0.3 is 0 Å². The van der Waals surface area contributed by atoms with Gasteiger partial charge in [-0.1, -0.05) is 18.2 Å². The average Bonchev–Trinajstić information content (AvgIpc) is 2.42. The fraction of sp³-hybridized carbons (Fsp3) is 0.214. The van der Waals surface area contributed by atoms with Gasteiger partial charge in [0.2, 0.25) is 0 Å². The highest BCUT2D eigenvalue weighted by Crippen LogP contribution is 2.07. The van der Waals surface area contributed by atoms with E-state index in [9.17, 15) is 0 Å². The molecular formula is C14H16N2O2. The van der Waals surface area contributed by atoms with Crippen LogP contribution in [0.15, 0.2) is 48.7 Å². The summed E-state index contributed by atoms with van der Waals surface area (Å²) in [6, 6.07) is 13.1. The van der Waals surface area contributed by atoms with E-state index in [1.165, 1.54) is 6.20 Å². The summed E-state index contributed by atoms with van der Waals surface area (Å²) in [6.07, 6.45) is 1.44. The zero-order chi connectivity index (χ0) is 12.6. The SMILES string of the molecule is Oc1ccc(CNCCOc2ccccc2)nc1. The summed E-state index contributed by atoms with van der Waals surface area (Å²) in [5.74, 6) is 1.06. The first kappa shape index (κ1) is 12.4. The second-order valence-electron chi connectivity index (χ2n) is 3.85. The Morgan fingerprint density at radius 1 is 1.11 bits per heavy atom. The molecule has 4 nitrogen and oxygen atoms in total. The molecule has 18 heavy (non-hydrogen) atoms. The van der Waals surface area contributed by atoms with Crippen molar-refractivity contribution in [2.24, 2.45) is 0 Å². The van der Waals surface area contributed by atoms with Gasteiger partial charge in [-0.2, -0.15) is 0 Å². The van der Waals surface area contributed by atoms with Gasteiger partial charge in [0.25, 0.3) is 0 Å². The zero-order valence-electron chi connectivity index (χ0n) is 10.0. The van der Waals surface area contributed by atoms with Crippen LogP contribution in [0, 0.1) is 0 Å². The van der Waals surface area contributed by atoms with Gasteiger partial charge in [0, 0.05) is 13.1 Å². The summed E-state index contributed by atoms with van der Waals surface area (Å²) in [5, 5.41) is 12.3. The number of nitrogens with zero attached hydrogens (tertiary/aromatic N) is 1. The molecule has 0 saturated carbocycles. The van der Waals surface area contributed by atoms with E-state index in [2.05, 4.69) is 10.3 Å². The summed E-state index contributed by atoms with van der Waals surface area (Å²) >= 11 is 0. The molecule has 0 fully saturated rings. The Labute approximate surface area is 106 Å². The number of pyridine rings is 1. The van der Waals surface area contributed by atoms with E-state index in [0.717, 1.165) is 18.0 Å². The van der Waals surface area contributed by atoms with E-state index in [4.69, 9.17) is 9.84 Å². The molecule has 0 saturated heterocycles. The Bertz CT molecular complexity index is 457. The lowest BCUT2D eigenvalue weighted by atomic mass is 10.3. The van der Waals surface area contributed by atoms with Crippen molar-refractivity contribution in [3.63, 3.8) is 0 Å². The standard InChI is InChI=1S/C14H16N2O2/c17-13-7-6-12(16-11-13)10-15-8-9-18-14-4-2-1-3-5-14/h1-7,11,15,17H,8-10H2. The summed E-state index contributed by atoms with van der Waals surface area (Å²) in [5.41, 5.74) is 0.896. The monoisotopic (exact) mass is 244 g/mol. The smallest absolute Gasteiger partial charge is 0.133 e. The number of benzene rings is 1. The minimum absolute atomic E-state index is 0.186. The molecule has 1 aromatic heterocycles.